The Morgan fingerprint density at radius 2 is 0.747 bits per heavy atom. The molecule has 0 spiro atoms. The Balaban J connectivity index is 0.000000109. The van der Waals surface area contributed by atoms with Gasteiger partial charge in [0.2, 0.25) is 0 Å². The minimum absolute atomic E-state index is 0.992. The van der Waals surface area contributed by atoms with Crippen molar-refractivity contribution < 1.29 is 0 Å². The monoisotopic (exact) mass is 1090 g/mol. The Labute approximate surface area is 494 Å². The van der Waals surface area contributed by atoms with Crippen molar-refractivity contribution in [2.75, 3.05) is 0 Å². The first-order valence-electron chi connectivity index (χ1n) is 29.8. The average molecular weight is 1090 g/mol. The lowest BCUT2D eigenvalue weighted by atomic mass is 9.89. The fourth-order valence-corrected chi connectivity index (χ4v) is 13.4. The van der Waals surface area contributed by atoms with Crippen molar-refractivity contribution in [3.05, 3.63) is 260 Å². The van der Waals surface area contributed by atoms with Crippen LogP contribution in [0.5, 0.6) is 0 Å². The maximum absolute atomic E-state index is 4.63. The molecule has 0 fully saturated rings. The summed E-state index contributed by atoms with van der Waals surface area (Å²) in [6.45, 7) is 39.4. The Morgan fingerprint density at radius 1 is 0.277 bits per heavy atom. The van der Waals surface area contributed by atoms with Gasteiger partial charge in [-0.25, -0.2) is 0 Å². The van der Waals surface area contributed by atoms with Gasteiger partial charge in [-0.3, -0.25) is 24.9 Å². The first-order chi connectivity index (χ1) is 39.6. The lowest BCUT2D eigenvalue weighted by Crippen LogP contribution is -1.98. The first kappa shape index (κ1) is 56.7. The van der Waals surface area contributed by atoms with Crippen LogP contribution in [0.25, 0.3) is 55.6 Å². The van der Waals surface area contributed by atoms with Crippen LogP contribution in [0.1, 0.15) is 157 Å². The molecule has 0 saturated heterocycles. The van der Waals surface area contributed by atoms with Gasteiger partial charge in [-0.1, -0.05) is 48.5 Å². The zero-order valence-corrected chi connectivity index (χ0v) is 52.6. The molecule has 83 heavy (non-hydrogen) atoms. The fraction of sp³-hybridized carbons (Fsp3) is 0.295. The minimum atomic E-state index is 0.992. The molecule has 0 atom stereocenters. The van der Waals surface area contributed by atoms with Crippen LogP contribution in [0.15, 0.2) is 104 Å². The lowest BCUT2D eigenvalue weighted by molar-refractivity contribution is 1.07. The van der Waals surface area contributed by atoms with Gasteiger partial charge in [-0.05, 0) is 305 Å². The number of aromatic nitrogens is 5. The van der Waals surface area contributed by atoms with Crippen LogP contribution in [0.2, 0.25) is 0 Å². The molecule has 10 aromatic rings. The van der Waals surface area contributed by atoms with E-state index in [0.717, 1.165) is 37.8 Å². The van der Waals surface area contributed by atoms with Gasteiger partial charge in [0.15, 0.2) is 0 Å². The largest absolute Gasteiger partial charge is 0.260 e. The molecule has 5 aliphatic carbocycles. The van der Waals surface area contributed by atoms with E-state index in [2.05, 4.69) is 222 Å². The van der Waals surface area contributed by atoms with Crippen LogP contribution < -0.4 is 0 Å². The van der Waals surface area contributed by atoms with Crippen molar-refractivity contribution in [1.29, 1.82) is 0 Å². The SMILES string of the molecule is Cc1c(C)c(C)c2c(c1C)Cc1ncccc1-2.Cc1cc2c(c(C)c1C)Cc1nccc(C)c1-2.Cc1ccc2c(n1)Cc1cc(C)c(C)cc1-2.Cc1cnc2c(c1)-c1cc(C)c(C)c(C)c1C2.Cc1cnc2c(c1)-c1cc(C)c(C)cc1C2. The molecule has 0 amide bonds. The standard InChI is InChI=1S/3C16H17N.2C15H15N/c1-9-5-15-14-6-10(2)11(3)12(4)13(14)7-16(15)17-8-9;1-9-5-6-17-15-8-13-12(4)11(3)10(2)7-14(13)16(9)15;1-9-10(2)12(4)16-13-6-5-7-17-15(13)8-14(16)11(9)3;1-9-4-14-13-6-11(3)10(2)5-12(13)7-15(14)16-8-9;1-9-6-12-8-15-13(5-4-11(3)16-15)14(12)7-10(9)2/h5-6,8H,7H2,1-4H3;2*5-7H,8H2,1-4H3;4-6,8H,7H2,1-3H3;4-7H,8H2,1-3H3. The lowest BCUT2D eigenvalue weighted by Gasteiger charge is -2.15. The number of hydrogen-bond donors (Lipinski definition) is 0. The van der Waals surface area contributed by atoms with Gasteiger partial charge in [-0.15, -0.1) is 0 Å². The number of rotatable bonds is 0. The van der Waals surface area contributed by atoms with Gasteiger partial charge in [0.05, 0.1) is 28.5 Å². The zero-order valence-electron chi connectivity index (χ0n) is 52.6. The minimum Gasteiger partial charge on any atom is -0.260 e. The topological polar surface area (TPSA) is 64.5 Å². The van der Waals surface area contributed by atoms with Crippen LogP contribution in [-0.4, -0.2) is 24.9 Å². The van der Waals surface area contributed by atoms with Crippen molar-refractivity contribution >= 4 is 0 Å². The van der Waals surface area contributed by atoms with Crippen molar-refractivity contribution in [3.63, 3.8) is 0 Å². The number of pyridine rings is 5. The number of fused-ring (bicyclic) bond motifs is 15. The number of benzene rings is 5. The van der Waals surface area contributed by atoms with Crippen molar-refractivity contribution in [3.8, 4) is 55.6 Å². The summed E-state index contributed by atoms with van der Waals surface area (Å²) in [5, 5.41) is 0. The van der Waals surface area contributed by atoms with Crippen LogP contribution >= 0.6 is 0 Å². The highest BCUT2D eigenvalue weighted by Gasteiger charge is 2.28. The third-order valence-electron chi connectivity index (χ3n) is 19.5. The molecule has 0 saturated carbocycles. The zero-order chi connectivity index (χ0) is 59.0. The molecule has 5 heteroatoms. The van der Waals surface area contributed by atoms with E-state index in [1.165, 1.54) is 207 Å². The number of nitrogens with zero attached hydrogens (tertiary/aromatic N) is 5. The summed E-state index contributed by atoms with van der Waals surface area (Å²) >= 11 is 0. The Morgan fingerprint density at radius 3 is 1.39 bits per heavy atom. The van der Waals surface area contributed by atoms with E-state index in [-0.39, 0.29) is 0 Å². The number of aryl methyl sites for hydroxylation is 10. The highest BCUT2D eigenvalue weighted by Crippen LogP contribution is 2.45. The maximum Gasteiger partial charge on any atom is 0.0529 e. The van der Waals surface area contributed by atoms with Gasteiger partial charge in [0, 0.05) is 90.4 Å². The van der Waals surface area contributed by atoms with E-state index < -0.39 is 0 Å². The van der Waals surface area contributed by atoms with Crippen molar-refractivity contribution in [2.45, 2.75) is 157 Å². The van der Waals surface area contributed by atoms with Crippen molar-refractivity contribution in [1.82, 2.24) is 24.9 Å². The molecule has 5 aromatic carbocycles. The van der Waals surface area contributed by atoms with Crippen LogP contribution in [-0.2, 0) is 32.1 Å². The molecule has 0 aliphatic heterocycles. The molecule has 15 rings (SSSR count). The molecule has 5 heterocycles. The normalized spacial score (nSPS) is 12.5. The van der Waals surface area contributed by atoms with E-state index in [1.807, 2.05) is 30.9 Å². The molecule has 0 unspecified atom stereocenters. The van der Waals surface area contributed by atoms with E-state index in [0.29, 0.717) is 0 Å². The number of hydrogen-bond acceptors (Lipinski definition) is 5. The molecule has 5 aliphatic rings. The first-order valence-corrected chi connectivity index (χ1v) is 29.8. The summed E-state index contributed by atoms with van der Waals surface area (Å²) in [5.41, 5.74) is 51.9. The smallest absolute Gasteiger partial charge is 0.0529 e. The van der Waals surface area contributed by atoms with Gasteiger partial charge < -0.3 is 0 Å². The highest BCUT2D eigenvalue weighted by molar-refractivity contribution is 5.83. The van der Waals surface area contributed by atoms with E-state index in [4.69, 9.17) is 0 Å². The predicted octanol–water partition coefficient (Wildman–Crippen LogP) is 18.8. The Bertz CT molecular complexity index is 4320. The Hall–Kier alpha value is -8.15. The maximum atomic E-state index is 4.63. The Kier molecular flexibility index (Phi) is 15.2. The van der Waals surface area contributed by atoms with Gasteiger partial charge in [0.1, 0.15) is 0 Å². The van der Waals surface area contributed by atoms with Gasteiger partial charge in [-0.2, -0.15) is 0 Å². The molecule has 5 aromatic heterocycles. The summed E-state index contributed by atoms with van der Waals surface area (Å²) in [6, 6.07) is 29.1. The van der Waals surface area contributed by atoms with Crippen LogP contribution in [0.3, 0.4) is 0 Å². The summed E-state index contributed by atoms with van der Waals surface area (Å²) < 4.78 is 0. The molecule has 5 nitrogen and oxygen atoms in total. The third kappa shape index (κ3) is 10.4. The second-order valence-electron chi connectivity index (χ2n) is 24.8. The second kappa shape index (κ2) is 22.2. The molecule has 0 radical (unpaired) electrons. The molecular weight excluding hydrogens is 1010 g/mol. The summed E-state index contributed by atoms with van der Waals surface area (Å²) in [7, 11) is 0. The van der Waals surface area contributed by atoms with Gasteiger partial charge >= 0.3 is 0 Å². The summed E-state index contributed by atoms with van der Waals surface area (Å²) in [4.78, 5) is 22.8. The molecule has 0 N–H and O–H groups in total. The van der Waals surface area contributed by atoms with E-state index in [9.17, 15) is 0 Å². The average Bonchev–Trinajstić information content (AvgIpc) is 4.28. The molecular formula is C78H81N5. The third-order valence-corrected chi connectivity index (χ3v) is 19.5. The molecule has 0 bridgehead atoms. The molecule has 418 valence electrons. The van der Waals surface area contributed by atoms with Crippen molar-refractivity contribution in [2.24, 2.45) is 0 Å². The van der Waals surface area contributed by atoms with Crippen LogP contribution in [0.4, 0.5) is 0 Å². The van der Waals surface area contributed by atoms with Crippen LogP contribution in [0, 0.1) is 125 Å². The van der Waals surface area contributed by atoms with E-state index >= 15 is 0 Å². The summed E-state index contributed by atoms with van der Waals surface area (Å²) in [6.07, 6.45) is 12.7. The quantitative estimate of drug-likeness (QED) is 0.151. The van der Waals surface area contributed by atoms with E-state index in [1.54, 1.807) is 0 Å². The second-order valence-corrected chi connectivity index (χ2v) is 24.8. The van der Waals surface area contributed by atoms with Gasteiger partial charge in [0.25, 0.3) is 0 Å². The highest BCUT2D eigenvalue weighted by atomic mass is 14.7. The summed E-state index contributed by atoms with van der Waals surface area (Å²) in [5.74, 6) is 0. The predicted molar refractivity (Wildman–Crippen MR) is 348 cm³/mol. The fourth-order valence-electron chi connectivity index (χ4n) is 13.4.